The first-order chi connectivity index (χ1) is 13.8. The van der Waals surface area contributed by atoms with Crippen molar-refractivity contribution in [1.82, 2.24) is 0 Å². The van der Waals surface area contributed by atoms with Crippen LogP contribution in [0.5, 0.6) is 0 Å². The lowest BCUT2D eigenvalue weighted by atomic mass is 10.00. The summed E-state index contributed by atoms with van der Waals surface area (Å²) in [6, 6.07) is 0. The van der Waals surface area contributed by atoms with E-state index in [4.69, 9.17) is 9.84 Å². The molecular weight excluding hydrogens is 446 g/mol. The van der Waals surface area contributed by atoms with Crippen LogP contribution in [0.3, 0.4) is 0 Å². The Labute approximate surface area is 175 Å². The number of aliphatic hydroxyl groups is 4. The summed E-state index contributed by atoms with van der Waals surface area (Å²) in [6.07, 6.45) is -4.87. The molecule has 1 saturated heterocycles. The lowest BCUT2D eigenvalue weighted by Crippen LogP contribution is -2.58. The summed E-state index contributed by atoms with van der Waals surface area (Å²) in [7, 11) is -10.3. The van der Waals surface area contributed by atoms with Crippen molar-refractivity contribution in [2.45, 2.75) is 70.7 Å². The van der Waals surface area contributed by atoms with Crippen LogP contribution in [-0.4, -0.2) is 74.1 Å². The third-order valence-electron chi connectivity index (χ3n) is 4.37. The van der Waals surface area contributed by atoms with E-state index in [2.05, 4.69) is 19.4 Å². The van der Waals surface area contributed by atoms with Crippen molar-refractivity contribution >= 4 is 15.6 Å². The highest BCUT2D eigenvalue weighted by Gasteiger charge is 2.48. The Balaban J connectivity index is 2.55. The Morgan fingerprint density at radius 3 is 2.27 bits per heavy atom. The molecule has 0 amide bonds. The van der Waals surface area contributed by atoms with Gasteiger partial charge < -0.3 is 34.9 Å². The molecule has 0 saturated carbocycles. The Morgan fingerprint density at radius 1 is 1.07 bits per heavy atom. The largest absolute Gasteiger partial charge is 0.483 e. The standard InChI is InChI=1S/C16H32O12P2/c1-10(2)5-4-6-11(3)7-8-25-29(21,22)28-30(23,24)27-16-15(20)14(19)13(18)12(9-17)26-16/h5,11-20H,4,6-9H2,1-3H3,(H,21,22)(H,23,24)/t11-,12+,13-,14+,15+,16-/m1/s1. The number of hydrogen-bond acceptors (Lipinski definition) is 10. The fourth-order valence-corrected chi connectivity index (χ4v) is 4.79. The van der Waals surface area contributed by atoms with Gasteiger partial charge in [-0.15, -0.1) is 0 Å². The van der Waals surface area contributed by atoms with Gasteiger partial charge in [0.2, 0.25) is 0 Å². The van der Waals surface area contributed by atoms with E-state index in [0.717, 1.165) is 12.8 Å². The lowest BCUT2D eigenvalue weighted by Gasteiger charge is -2.39. The number of rotatable bonds is 12. The molecular formula is C16H32O12P2. The molecule has 1 rings (SSSR count). The van der Waals surface area contributed by atoms with Crippen LogP contribution in [0.25, 0.3) is 0 Å². The zero-order valence-electron chi connectivity index (χ0n) is 17.1. The SMILES string of the molecule is CC(C)=CCC[C@@H](C)CCOP(=O)(O)OP(=O)(O)O[C@H]1O[C@@H](CO)[C@@H](O)[C@H](O)[C@@H]1O. The van der Waals surface area contributed by atoms with Crippen LogP contribution in [0, 0.1) is 5.92 Å². The molecule has 30 heavy (non-hydrogen) atoms. The minimum absolute atomic E-state index is 0.159. The second kappa shape index (κ2) is 12.2. The van der Waals surface area contributed by atoms with Crippen molar-refractivity contribution in [2.24, 2.45) is 5.92 Å². The van der Waals surface area contributed by atoms with Crippen molar-refractivity contribution in [1.29, 1.82) is 0 Å². The van der Waals surface area contributed by atoms with Gasteiger partial charge in [0.25, 0.3) is 0 Å². The molecule has 2 unspecified atom stereocenters. The zero-order chi connectivity index (χ0) is 23.1. The molecule has 12 nitrogen and oxygen atoms in total. The summed E-state index contributed by atoms with van der Waals surface area (Å²) in [5.74, 6) is 0.159. The van der Waals surface area contributed by atoms with Crippen molar-refractivity contribution in [3.63, 3.8) is 0 Å². The van der Waals surface area contributed by atoms with Gasteiger partial charge in [0.1, 0.15) is 24.4 Å². The molecule has 178 valence electrons. The Kier molecular flexibility index (Phi) is 11.3. The average Bonchev–Trinajstić information content (AvgIpc) is 2.60. The molecule has 0 bridgehead atoms. The second-order valence-corrected chi connectivity index (χ2v) is 10.4. The smallest absolute Gasteiger partial charge is 0.394 e. The highest BCUT2D eigenvalue weighted by molar-refractivity contribution is 7.61. The normalized spacial score (nSPS) is 32.1. The first kappa shape index (κ1) is 27.8. The number of hydrogen-bond donors (Lipinski definition) is 6. The maximum atomic E-state index is 12.0. The van der Waals surface area contributed by atoms with E-state index in [1.54, 1.807) is 0 Å². The fourth-order valence-electron chi connectivity index (χ4n) is 2.63. The van der Waals surface area contributed by atoms with Gasteiger partial charge in [-0.05, 0) is 39.0 Å². The van der Waals surface area contributed by atoms with Gasteiger partial charge in [0.15, 0.2) is 6.29 Å². The minimum atomic E-state index is -5.30. The number of aliphatic hydroxyl groups excluding tert-OH is 4. The van der Waals surface area contributed by atoms with Crippen molar-refractivity contribution in [3.8, 4) is 0 Å². The summed E-state index contributed by atoms with van der Waals surface area (Å²) < 4.78 is 42.2. The number of ether oxygens (including phenoxy) is 1. The molecule has 8 atom stereocenters. The van der Waals surface area contributed by atoms with Gasteiger partial charge in [-0.2, -0.15) is 4.31 Å². The molecule has 14 heteroatoms. The molecule has 0 spiro atoms. The molecule has 0 aromatic rings. The lowest BCUT2D eigenvalue weighted by molar-refractivity contribution is -0.280. The van der Waals surface area contributed by atoms with Crippen molar-refractivity contribution in [2.75, 3.05) is 13.2 Å². The molecule has 6 N–H and O–H groups in total. The molecule has 1 heterocycles. The average molecular weight is 478 g/mol. The van der Waals surface area contributed by atoms with Gasteiger partial charge in [0.05, 0.1) is 13.2 Å². The van der Waals surface area contributed by atoms with Gasteiger partial charge >= 0.3 is 15.6 Å². The van der Waals surface area contributed by atoms with Crippen LogP contribution in [0.4, 0.5) is 0 Å². The topological polar surface area (TPSA) is 192 Å². The predicted molar refractivity (Wildman–Crippen MR) is 104 cm³/mol. The van der Waals surface area contributed by atoms with Gasteiger partial charge in [-0.25, -0.2) is 9.13 Å². The summed E-state index contributed by atoms with van der Waals surface area (Å²) in [5.41, 5.74) is 1.19. The van der Waals surface area contributed by atoms with E-state index in [9.17, 15) is 34.2 Å². The predicted octanol–water partition coefficient (Wildman–Crippen LogP) is 0.809. The minimum Gasteiger partial charge on any atom is -0.394 e. The molecule has 1 aliphatic rings. The Morgan fingerprint density at radius 2 is 1.70 bits per heavy atom. The summed E-state index contributed by atoms with van der Waals surface area (Å²) in [5, 5.41) is 38.2. The van der Waals surface area contributed by atoms with E-state index in [1.807, 2.05) is 20.8 Å². The maximum absolute atomic E-state index is 12.0. The molecule has 1 aliphatic heterocycles. The van der Waals surface area contributed by atoms with Crippen LogP contribution < -0.4 is 0 Å². The van der Waals surface area contributed by atoms with Crippen LogP contribution in [-0.2, 0) is 27.2 Å². The van der Waals surface area contributed by atoms with E-state index >= 15 is 0 Å². The third kappa shape index (κ3) is 9.52. The highest BCUT2D eigenvalue weighted by atomic mass is 31.3. The molecule has 0 aromatic heterocycles. The summed E-state index contributed by atoms with van der Waals surface area (Å²) in [6.45, 7) is 4.86. The van der Waals surface area contributed by atoms with E-state index in [-0.39, 0.29) is 12.5 Å². The zero-order valence-corrected chi connectivity index (χ0v) is 18.9. The summed E-state index contributed by atoms with van der Waals surface area (Å²) in [4.78, 5) is 19.4. The van der Waals surface area contributed by atoms with E-state index < -0.39 is 53.0 Å². The van der Waals surface area contributed by atoms with Crippen LogP contribution >= 0.6 is 15.6 Å². The Hall–Kier alpha value is -0.200. The number of phosphoric ester groups is 2. The molecule has 0 radical (unpaired) electrons. The van der Waals surface area contributed by atoms with Gasteiger partial charge in [-0.1, -0.05) is 18.6 Å². The first-order valence-corrected chi connectivity index (χ1v) is 12.4. The highest BCUT2D eigenvalue weighted by Crippen LogP contribution is 2.61. The molecule has 0 aromatic carbocycles. The van der Waals surface area contributed by atoms with Gasteiger partial charge in [0, 0.05) is 0 Å². The number of phosphoric acid groups is 2. The third-order valence-corrected chi connectivity index (χ3v) is 7.00. The Bertz CT molecular complexity index is 650. The maximum Gasteiger partial charge on any atom is 0.483 e. The number of allylic oxidation sites excluding steroid dienone is 2. The first-order valence-electron chi connectivity index (χ1n) is 9.41. The van der Waals surface area contributed by atoms with Crippen LogP contribution in [0.1, 0.15) is 40.0 Å². The molecule has 0 aliphatic carbocycles. The molecule has 1 fully saturated rings. The van der Waals surface area contributed by atoms with Crippen molar-refractivity contribution in [3.05, 3.63) is 11.6 Å². The van der Waals surface area contributed by atoms with Crippen LogP contribution in [0.2, 0.25) is 0 Å². The van der Waals surface area contributed by atoms with E-state index in [0.29, 0.717) is 6.42 Å². The van der Waals surface area contributed by atoms with Crippen molar-refractivity contribution < 1.29 is 57.4 Å². The fraction of sp³-hybridized carbons (Fsp3) is 0.875. The van der Waals surface area contributed by atoms with Crippen LogP contribution in [0.15, 0.2) is 11.6 Å². The quantitative estimate of drug-likeness (QED) is 0.171. The summed E-state index contributed by atoms with van der Waals surface area (Å²) >= 11 is 0. The second-order valence-electron chi connectivity index (χ2n) is 7.41. The monoisotopic (exact) mass is 478 g/mol. The van der Waals surface area contributed by atoms with E-state index in [1.165, 1.54) is 5.57 Å². The van der Waals surface area contributed by atoms with Gasteiger partial charge in [-0.3, -0.25) is 9.05 Å².